The average Bonchev–Trinajstić information content (AvgIpc) is 2.60. The number of unbranched alkanes of at least 4 members (excludes halogenated alkanes) is 12. The third-order valence-electron chi connectivity index (χ3n) is 4.88. The molecule has 1 aliphatic heterocycles. The Hall–Kier alpha value is -0.120. The molecule has 0 spiro atoms. The van der Waals surface area contributed by atoms with Crippen molar-refractivity contribution < 1.29 is 14.2 Å². The molecule has 0 radical (unpaired) electrons. The van der Waals surface area contributed by atoms with Crippen molar-refractivity contribution in [2.24, 2.45) is 0 Å². The van der Waals surface area contributed by atoms with Gasteiger partial charge in [-0.3, -0.25) is 0 Å². The topological polar surface area (TPSA) is 27.7 Å². The number of rotatable bonds is 16. The van der Waals surface area contributed by atoms with Gasteiger partial charge in [0.1, 0.15) is 6.10 Å². The minimum atomic E-state index is 0.00872. The molecule has 3 heteroatoms. The smallest absolute Gasteiger partial charge is 0.157 e. The molecular weight excluding hydrogens is 300 g/mol. The van der Waals surface area contributed by atoms with Crippen molar-refractivity contribution in [3.63, 3.8) is 0 Å². The van der Waals surface area contributed by atoms with Gasteiger partial charge in [0.2, 0.25) is 0 Å². The normalized spacial score (nSPS) is 21.2. The molecule has 0 atom stereocenters. The molecule has 1 saturated heterocycles. The Morgan fingerprint density at radius 2 is 1.12 bits per heavy atom. The Labute approximate surface area is 150 Å². The highest BCUT2D eigenvalue weighted by molar-refractivity contribution is 4.62. The van der Waals surface area contributed by atoms with Gasteiger partial charge in [-0.15, -0.1) is 0 Å². The molecule has 1 aliphatic rings. The van der Waals surface area contributed by atoms with E-state index in [1.165, 1.54) is 83.5 Å². The van der Waals surface area contributed by atoms with Crippen molar-refractivity contribution in [2.75, 3.05) is 19.8 Å². The monoisotopic (exact) mass is 342 g/mol. The van der Waals surface area contributed by atoms with Crippen LogP contribution in [0.5, 0.6) is 0 Å². The van der Waals surface area contributed by atoms with Crippen LogP contribution in [-0.2, 0) is 14.2 Å². The van der Waals surface area contributed by atoms with Crippen LogP contribution < -0.4 is 0 Å². The molecule has 0 N–H and O–H groups in total. The first-order valence-electron chi connectivity index (χ1n) is 10.7. The lowest BCUT2D eigenvalue weighted by Gasteiger charge is -2.29. The molecule has 1 heterocycles. The summed E-state index contributed by atoms with van der Waals surface area (Å²) < 4.78 is 16.9. The molecule has 1 fully saturated rings. The zero-order valence-corrected chi connectivity index (χ0v) is 16.4. The van der Waals surface area contributed by atoms with E-state index >= 15 is 0 Å². The minimum absolute atomic E-state index is 0.00872. The number of hydrogen-bond donors (Lipinski definition) is 0. The van der Waals surface area contributed by atoms with Crippen LogP contribution in [0.1, 0.15) is 104 Å². The Morgan fingerprint density at radius 1 is 0.667 bits per heavy atom. The van der Waals surface area contributed by atoms with Crippen molar-refractivity contribution in [3.8, 4) is 0 Å². The van der Waals surface area contributed by atoms with Gasteiger partial charge in [-0.05, 0) is 19.8 Å². The Bertz CT molecular complexity index is 249. The van der Waals surface area contributed by atoms with Crippen LogP contribution in [-0.4, -0.2) is 32.2 Å². The standard InChI is InChI=1S/C21H42O3/c1-3-5-6-7-8-9-10-11-12-13-14-15-16-17-21-23-18-20(19-24-21)22-4-2/h20-21H,3-19H2,1-2H3. The lowest BCUT2D eigenvalue weighted by Crippen LogP contribution is -2.37. The summed E-state index contributed by atoms with van der Waals surface area (Å²) in [5.41, 5.74) is 0. The molecule has 144 valence electrons. The molecule has 0 aromatic carbocycles. The molecule has 0 aromatic heterocycles. The molecule has 0 aromatic rings. The SMILES string of the molecule is CCCCCCCCCCCCCCCC1OCC(OCC)CO1. The molecule has 0 unspecified atom stereocenters. The molecule has 0 amide bonds. The van der Waals surface area contributed by atoms with Gasteiger partial charge in [-0.25, -0.2) is 0 Å². The summed E-state index contributed by atoms with van der Waals surface area (Å²) in [6, 6.07) is 0. The number of ether oxygens (including phenoxy) is 3. The van der Waals surface area contributed by atoms with E-state index in [2.05, 4.69) is 6.92 Å². The first-order valence-corrected chi connectivity index (χ1v) is 10.7. The summed E-state index contributed by atoms with van der Waals surface area (Å²) in [6.45, 7) is 6.42. The van der Waals surface area contributed by atoms with Crippen molar-refractivity contribution in [1.29, 1.82) is 0 Å². The maximum atomic E-state index is 5.70. The van der Waals surface area contributed by atoms with Crippen LogP contribution in [0.2, 0.25) is 0 Å². The zero-order chi connectivity index (χ0) is 17.3. The highest BCUT2D eigenvalue weighted by Crippen LogP contribution is 2.16. The van der Waals surface area contributed by atoms with Crippen LogP contribution in [0.25, 0.3) is 0 Å². The van der Waals surface area contributed by atoms with E-state index in [-0.39, 0.29) is 12.4 Å². The Balaban J connectivity index is 1.75. The lowest BCUT2D eigenvalue weighted by molar-refractivity contribution is -0.227. The summed E-state index contributed by atoms with van der Waals surface area (Å²) in [5.74, 6) is 0. The maximum absolute atomic E-state index is 5.70. The van der Waals surface area contributed by atoms with Crippen molar-refractivity contribution in [1.82, 2.24) is 0 Å². The fraction of sp³-hybridized carbons (Fsp3) is 1.00. The Kier molecular flexibility index (Phi) is 14.9. The maximum Gasteiger partial charge on any atom is 0.157 e. The summed E-state index contributed by atoms with van der Waals surface area (Å²) in [5, 5.41) is 0. The van der Waals surface area contributed by atoms with E-state index in [0.29, 0.717) is 13.2 Å². The van der Waals surface area contributed by atoms with Crippen LogP contribution in [0, 0.1) is 0 Å². The van der Waals surface area contributed by atoms with Gasteiger partial charge in [0.25, 0.3) is 0 Å². The molecular formula is C21H42O3. The second-order valence-corrected chi connectivity index (χ2v) is 7.20. The third-order valence-corrected chi connectivity index (χ3v) is 4.88. The second kappa shape index (κ2) is 16.4. The molecule has 0 bridgehead atoms. The first-order chi connectivity index (χ1) is 11.9. The highest BCUT2D eigenvalue weighted by Gasteiger charge is 2.21. The van der Waals surface area contributed by atoms with Crippen molar-refractivity contribution in [2.45, 2.75) is 116 Å². The van der Waals surface area contributed by atoms with E-state index in [0.717, 1.165) is 13.0 Å². The minimum Gasteiger partial charge on any atom is -0.374 e. The largest absolute Gasteiger partial charge is 0.374 e. The van der Waals surface area contributed by atoms with E-state index in [9.17, 15) is 0 Å². The van der Waals surface area contributed by atoms with Gasteiger partial charge in [0, 0.05) is 6.61 Å². The highest BCUT2D eigenvalue weighted by atomic mass is 16.7. The summed E-state index contributed by atoms with van der Waals surface area (Å²) in [7, 11) is 0. The van der Waals surface area contributed by atoms with Gasteiger partial charge < -0.3 is 14.2 Å². The van der Waals surface area contributed by atoms with Crippen LogP contribution >= 0.6 is 0 Å². The van der Waals surface area contributed by atoms with E-state index < -0.39 is 0 Å². The molecule has 3 nitrogen and oxygen atoms in total. The van der Waals surface area contributed by atoms with Gasteiger partial charge in [-0.2, -0.15) is 0 Å². The van der Waals surface area contributed by atoms with Crippen molar-refractivity contribution >= 4 is 0 Å². The van der Waals surface area contributed by atoms with E-state index in [4.69, 9.17) is 14.2 Å². The summed E-state index contributed by atoms with van der Waals surface area (Å²) in [6.07, 6.45) is 19.3. The lowest BCUT2D eigenvalue weighted by atomic mass is 10.0. The first kappa shape index (κ1) is 21.9. The van der Waals surface area contributed by atoms with Crippen LogP contribution in [0.4, 0.5) is 0 Å². The fourth-order valence-corrected chi connectivity index (χ4v) is 3.35. The molecule has 0 aliphatic carbocycles. The summed E-state index contributed by atoms with van der Waals surface area (Å²) in [4.78, 5) is 0. The van der Waals surface area contributed by atoms with Crippen LogP contribution in [0.15, 0.2) is 0 Å². The quantitative estimate of drug-likeness (QED) is 0.310. The average molecular weight is 343 g/mol. The van der Waals surface area contributed by atoms with Gasteiger partial charge in [-0.1, -0.05) is 84.0 Å². The molecule has 1 rings (SSSR count). The predicted octanol–water partition coefficient (Wildman–Crippen LogP) is 6.25. The zero-order valence-electron chi connectivity index (χ0n) is 16.4. The summed E-state index contributed by atoms with van der Waals surface area (Å²) >= 11 is 0. The van der Waals surface area contributed by atoms with Gasteiger partial charge in [0.15, 0.2) is 6.29 Å². The van der Waals surface area contributed by atoms with Crippen molar-refractivity contribution in [3.05, 3.63) is 0 Å². The number of hydrogen-bond acceptors (Lipinski definition) is 3. The van der Waals surface area contributed by atoms with E-state index in [1.807, 2.05) is 6.92 Å². The van der Waals surface area contributed by atoms with Gasteiger partial charge in [0.05, 0.1) is 13.2 Å². The van der Waals surface area contributed by atoms with Crippen LogP contribution in [0.3, 0.4) is 0 Å². The third kappa shape index (κ3) is 12.3. The fourth-order valence-electron chi connectivity index (χ4n) is 3.35. The van der Waals surface area contributed by atoms with Gasteiger partial charge >= 0.3 is 0 Å². The molecule has 0 saturated carbocycles. The predicted molar refractivity (Wildman–Crippen MR) is 101 cm³/mol. The Morgan fingerprint density at radius 3 is 1.58 bits per heavy atom. The second-order valence-electron chi connectivity index (χ2n) is 7.20. The molecule has 24 heavy (non-hydrogen) atoms. The van der Waals surface area contributed by atoms with E-state index in [1.54, 1.807) is 0 Å².